The Hall–Kier alpha value is -4.36. The van der Waals surface area contributed by atoms with Gasteiger partial charge in [-0.2, -0.15) is 5.10 Å². The lowest BCUT2D eigenvalue weighted by molar-refractivity contribution is -0.133. The Kier molecular flexibility index (Phi) is 16.4. The quantitative estimate of drug-likeness (QED) is 0.0906. The van der Waals surface area contributed by atoms with Gasteiger partial charge in [-0.3, -0.25) is 14.4 Å². The van der Waals surface area contributed by atoms with E-state index in [2.05, 4.69) is 36.5 Å². The molecule has 14 nitrogen and oxygen atoms in total. The predicted molar refractivity (Wildman–Crippen MR) is 169 cm³/mol. The van der Waals surface area contributed by atoms with Gasteiger partial charge in [0, 0.05) is 6.54 Å². The summed E-state index contributed by atoms with van der Waals surface area (Å²) in [5.74, 6) is -1.94. The number of hydrogen-bond acceptors (Lipinski definition) is 9. The summed E-state index contributed by atoms with van der Waals surface area (Å²) >= 11 is 0. The van der Waals surface area contributed by atoms with Crippen molar-refractivity contribution in [2.75, 3.05) is 13.7 Å². The molecular weight excluding hydrogens is 584 g/mol. The third-order valence-corrected chi connectivity index (χ3v) is 6.25. The zero-order chi connectivity index (χ0) is 34.2. The summed E-state index contributed by atoms with van der Waals surface area (Å²) in [7, 11) is 1.25. The van der Waals surface area contributed by atoms with Crippen LogP contribution < -0.4 is 26.7 Å². The fourth-order valence-corrected chi connectivity index (χ4v) is 4.02. The number of rotatable bonds is 16. The lowest BCUT2D eigenvalue weighted by Crippen LogP contribution is -2.57. The maximum atomic E-state index is 13.6. The van der Waals surface area contributed by atoms with Crippen LogP contribution in [0.4, 0.5) is 9.59 Å². The van der Waals surface area contributed by atoms with Crippen molar-refractivity contribution < 1.29 is 38.6 Å². The lowest BCUT2D eigenvalue weighted by atomic mass is 10.0. The Morgan fingerprint density at radius 3 is 2.04 bits per heavy atom. The molecule has 1 rings (SSSR count). The summed E-state index contributed by atoms with van der Waals surface area (Å²) in [6.07, 6.45) is 1.46. The maximum absolute atomic E-state index is 13.6. The van der Waals surface area contributed by atoms with E-state index in [1.807, 2.05) is 13.8 Å². The first-order valence-electron chi connectivity index (χ1n) is 15.1. The number of carbonyl (C=O) groups excluding carboxylic acids is 5. The SMILES string of the molecule is COC(=O)NCCCC[C@H](NC(=O)[C@@H](NC(=O)OC(C)(C)C)C(C)C)C(=O)N[C@@H](CC(C)C)C(=O)N/N=C/c1ccc(O)cc1. The topological polar surface area (TPSA) is 197 Å². The number of aromatic hydroxyl groups is 1. The highest BCUT2D eigenvalue weighted by molar-refractivity contribution is 5.94. The van der Waals surface area contributed by atoms with E-state index in [0.29, 0.717) is 31.4 Å². The van der Waals surface area contributed by atoms with Gasteiger partial charge in [0.2, 0.25) is 11.8 Å². The number of phenols is 1. The first-order chi connectivity index (χ1) is 21.0. The fourth-order valence-electron chi connectivity index (χ4n) is 4.02. The van der Waals surface area contributed by atoms with E-state index in [-0.39, 0.29) is 24.0 Å². The van der Waals surface area contributed by atoms with Crippen LogP contribution in [0.5, 0.6) is 5.75 Å². The first kappa shape index (κ1) is 38.7. The summed E-state index contributed by atoms with van der Waals surface area (Å²) in [5.41, 5.74) is 2.30. The Labute approximate surface area is 265 Å². The molecular formula is C31H50N6O8. The molecule has 3 atom stereocenters. The second kappa shape index (κ2) is 19.1. The van der Waals surface area contributed by atoms with Gasteiger partial charge in [-0.05, 0) is 88.1 Å². The number of amides is 5. The molecule has 0 aromatic heterocycles. The molecule has 0 aliphatic heterocycles. The van der Waals surface area contributed by atoms with E-state index >= 15 is 0 Å². The number of nitrogens with zero attached hydrogens (tertiary/aromatic N) is 1. The van der Waals surface area contributed by atoms with Crippen molar-refractivity contribution >= 4 is 36.1 Å². The third kappa shape index (κ3) is 16.3. The lowest BCUT2D eigenvalue weighted by Gasteiger charge is -2.28. The predicted octanol–water partition coefficient (Wildman–Crippen LogP) is 2.93. The number of alkyl carbamates (subject to hydrolysis) is 2. The summed E-state index contributed by atoms with van der Waals surface area (Å²) < 4.78 is 9.86. The van der Waals surface area contributed by atoms with Crippen LogP contribution in [0.3, 0.4) is 0 Å². The van der Waals surface area contributed by atoms with Gasteiger partial charge in [0.05, 0.1) is 13.3 Å². The number of hydrogen-bond donors (Lipinski definition) is 6. The van der Waals surface area contributed by atoms with Crippen molar-refractivity contribution in [2.45, 2.75) is 97.9 Å². The van der Waals surface area contributed by atoms with Crippen molar-refractivity contribution in [1.29, 1.82) is 0 Å². The van der Waals surface area contributed by atoms with Gasteiger partial charge in [-0.15, -0.1) is 0 Å². The largest absolute Gasteiger partial charge is 0.508 e. The Morgan fingerprint density at radius 2 is 1.49 bits per heavy atom. The van der Waals surface area contributed by atoms with Crippen LogP contribution in [-0.4, -0.2) is 78.6 Å². The standard InChI is InChI=1S/C31H50N6O8/c1-19(2)17-24(27(40)37-33-18-21-12-14-22(38)15-13-21)35-26(39)23(11-9-10-16-32-29(42)44-8)34-28(41)25(20(3)4)36-30(43)45-31(5,6)7/h12-15,18-20,23-25,38H,9-11,16-17H2,1-8H3,(H,32,42)(H,34,41)(H,35,39)(H,36,43)(H,37,40)/b33-18+/t23-,24-,25-/m0/s1. The van der Waals surface area contributed by atoms with Crippen molar-refractivity contribution in [3.8, 4) is 5.75 Å². The van der Waals surface area contributed by atoms with E-state index in [1.165, 1.54) is 25.5 Å². The van der Waals surface area contributed by atoms with Crippen molar-refractivity contribution in [1.82, 2.24) is 26.7 Å². The average Bonchev–Trinajstić information content (AvgIpc) is 2.94. The van der Waals surface area contributed by atoms with Crippen LogP contribution in [0.25, 0.3) is 0 Å². The number of carbonyl (C=O) groups is 5. The van der Waals surface area contributed by atoms with Crippen LogP contribution >= 0.6 is 0 Å². The first-order valence-corrected chi connectivity index (χ1v) is 15.1. The Bertz CT molecular complexity index is 1150. The molecule has 0 spiro atoms. The molecule has 0 heterocycles. The molecule has 0 aliphatic carbocycles. The average molecular weight is 635 g/mol. The van der Waals surface area contributed by atoms with Crippen molar-refractivity contribution in [2.24, 2.45) is 16.9 Å². The van der Waals surface area contributed by atoms with Gasteiger partial charge in [0.25, 0.3) is 5.91 Å². The van der Waals surface area contributed by atoms with Gasteiger partial charge >= 0.3 is 12.2 Å². The number of ether oxygens (including phenoxy) is 2. The van der Waals surface area contributed by atoms with Crippen molar-refractivity contribution in [3.63, 3.8) is 0 Å². The van der Waals surface area contributed by atoms with E-state index in [4.69, 9.17) is 4.74 Å². The Balaban J connectivity index is 3.07. The number of phenolic OH excluding ortho intramolecular Hbond substituents is 1. The van der Waals surface area contributed by atoms with Crippen LogP contribution in [0, 0.1) is 11.8 Å². The van der Waals surface area contributed by atoms with Gasteiger partial charge in [0.1, 0.15) is 29.5 Å². The molecule has 0 unspecified atom stereocenters. The van der Waals surface area contributed by atoms with Crippen LogP contribution in [0.1, 0.15) is 79.7 Å². The molecule has 0 saturated carbocycles. The smallest absolute Gasteiger partial charge is 0.408 e. The molecule has 14 heteroatoms. The second-order valence-corrected chi connectivity index (χ2v) is 12.4. The minimum absolute atomic E-state index is 0.0305. The Morgan fingerprint density at radius 1 is 0.867 bits per heavy atom. The molecule has 1 aromatic carbocycles. The summed E-state index contributed by atoms with van der Waals surface area (Å²) in [6, 6.07) is 3.19. The normalized spacial score (nSPS) is 13.5. The number of benzene rings is 1. The molecule has 0 saturated heterocycles. The minimum Gasteiger partial charge on any atom is -0.508 e. The number of hydrazone groups is 1. The summed E-state index contributed by atoms with van der Waals surface area (Å²) in [6.45, 7) is 12.7. The van der Waals surface area contributed by atoms with E-state index in [9.17, 15) is 29.1 Å². The number of unbranched alkanes of at least 4 members (excludes halogenated alkanes) is 1. The van der Waals surface area contributed by atoms with Gasteiger partial charge < -0.3 is 35.8 Å². The second-order valence-electron chi connectivity index (χ2n) is 12.4. The summed E-state index contributed by atoms with van der Waals surface area (Å²) in [5, 5.41) is 24.0. The highest BCUT2D eigenvalue weighted by Gasteiger charge is 2.32. The molecule has 0 fully saturated rings. The monoisotopic (exact) mass is 634 g/mol. The van der Waals surface area contributed by atoms with Gasteiger partial charge in [0.15, 0.2) is 0 Å². The molecule has 0 aliphatic rings. The molecule has 0 radical (unpaired) electrons. The van der Waals surface area contributed by atoms with E-state index in [1.54, 1.807) is 46.8 Å². The van der Waals surface area contributed by atoms with Crippen molar-refractivity contribution in [3.05, 3.63) is 29.8 Å². The molecule has 5 amide bonds. The number of nitrogens with one attached hydrogen (secondary N) is 5. The van der Waals surface area contributed by atoms with E-state index in [0.717, 1.165) is 0 Å². The molecule has 45 heavy (non-hydrogen) atoms. The highest BCUT2D eigenvalue weighted by atomic mass is 16.6. The minimum atomic E-state index is -1.06. The fraction of sp³-hybridized carbons (Fsp3) is 0.613. The van der Waals surface area contributed by atoms with Crippen LogP contribution in [0.15, 0.2) is 29.4 Å². The molecule has 0 bridgehead atoms. The zero-order valence-corrected chi connectivity index (χ0v) is 27.6. The maximum Gasteiger partial charge on any atom is 0.408 e. The zero-order valence-electron chi connectivity index (χ0n) is 27.6. The van der Waals surface area contributed by atoms with Gasteiger partial charge in [-0.1, -0.05) is 27.7 Å². The molecule has 6 N–H and O–H groups in total. The summed E-state index contributed by atoms with van der Waals surface area (Å²) in [4.78, 5) is 63.8. The molecule has 252 valence electrons. The molecule has 1 aromatic rings. The van der Waals surface area contributed by atoms with Crippen LogP contribution in [-0.2, 0) is 23.9 Å². The highest BCUT2D eigenvalue weighted by Crippen LogP contribution is 2.12. The van der Waals surface area contributed by atoms with Gasteiger partial charge in [-0.25, -0.2) is 15.0 Å². The van der Waals surface area contributed by atoms with Crippen LogP contribution in [0.2, 0.25) is 0 Å². The number of methoxy groups -OCH3 is 1. The van der Waals surface area contributed by atoms with E-state index < -0.39 is 53.6 Å². The third-order valence-electron chi connectivity index (χ3n) is 6.25.